The zero-order chi connectivity index (χ0) is 19.1. The summed E-state index contributed by atoms with van der Waals surface area (Å²) in [7, 11) is 0. The molecular formula is C21H21N5O. The average Bonchev–Trinajstić information content (AvgIpc) is 3.14. The SMILES string of the molecule is C=C/C=C(\C(=C)N)c1cc(Cc2ccc(CNc3ncccn3)cc2)no1. The second kappa shape index (κ2) is 8.62. The molecule has 1 aromatic carbocycles. The van der Waals surface area contributed by atoms with Crippen LogP contribution in [0.5, 0.6) is 0 Å². The van der Waals surface area contributed by atoms with Crippen molar-refractivity contribution in [1.82, 2.24) is 15.1 Å². The van der Waals surface area contributed by atoms with E-state index in [1.165, 1.54) is 0 Å². The largest absolute Gasteiger partial charge is 0.399 e. The summed E-state index contributed by atoms with van der Waals surface area (Å²) in [4.78, 5) is 8.28. The highest BCUT2D eigenvalue weighted by Crippen LogP contribution is 2.21. The Balaban J connectivity index is 1.62. The van der Waals surface area contributed by atoms with Gasteiger partial charge < -0.3 is 15.6 Å². The van der Waals surface area contributed by atoms with E-state index in [4.69, 9.17) is 10.3 Å². The molecule has 27 heavy (non-hydrogen) atoms. The molecule has 2 aromatic heterocycles. The maximum atomic E-state index is 5.79. The highest BCUT2D eigenvalue weighted by atomic mass is 16.5. The standard InChI is InChI=1S/C21H21N5O/c1-3-5-19(15(2)22)20-13-18(26-27-20)12-16-6-8-17(9-7-16)14-25-21-23-10-4-11-24-21/h3-11,13H,1-2,12,14,22H2,(H,23,24,25)/b19-5+. The second-order valence-electron chi connectivity index (χ2n) is 5.94. The average molecular weight is 359 g/mol. The molecule has 0 unspecified atom stereocenters. The molecule has 0 atom stereocenters. The Bertz CT molecular complexity index is 942. The Labute approximate surface area is 158 Å². The molecule has 0 saturated heterocycles. The van der Waals surface area contributed by atoms with Crippen molar-refractivity contribution in [2.45, 2.75) is 13.0 Å². The lowest BCUT2D eigenvalue weighted by atomic mass is 10.1. The van der Waals surface area contributed by atoms with Crippen LogP contribution >= 0.6 is 0 Å². The van der Waals surface area contributed by atoms with Gasteiger partial charge in [-0.05, 0) is 23.3 Å². The monoisotopic (exact) mass is 359 g/mol. The molecule has 0 amide bonds. The fourth-order valence-electron chi connectivity index (χ4n) is 2.54. The maximum absolute atomic E-state index is 5.79. The topological polar surface area (TPSA) is 89.9 Å². The van der Waals surface area contributed by atoms with Crippen LogP contribution in [0.1, 0.15) is 22.6 Å². The van der Waals surface area contributed by atoms with Crippen LogP contribution in [-0.4, -0.2) is 15.1 Å². The first-order chi connectivity index (χ1) is 13.2. The predicted molar refractivity (Wildman–Crippen MR) is 107 cm³/mol. The summed E-state index contributed by atoms with van der Waals surface area (Å²) in [5.74, 6) is 1.20. The van der Waals surface area contributed by atoms with Crippen molar-refractivity contribution in [3.05, 3.63) is 102 Å². The number of nitrogens with zero attached hydrogens (tertiary/aromatic N) is 3. The lowest BCUT2D eigenvalue weighted by molar-refractivity contribution is 0.404. The summed E-state index contributed by atoms with van der Waals surface area (Å²) in [6.45, 7) is 8.09. The van der Waals surface area contributed by atoms with E-state index >= 15 is 0 Å². The van der Waals surface area contributed by atoms with Crippen molar-refractivity contribution >= 4 is 11.5 Å². The summed E-state index contributed by atoms with van der Waals surface area (Å²) >= 11 is 0. The molecule has 0 aliphatic carbocycles. The minimum Gasteiger partial charge on any atom is -0.399 e. The van der Waals surface area contributed by atoms with Crippen LogP contribution in [0.3, 0.4) is 0 Å². The van der Waals surface area contributed by atoms with E-state index in [0.717, 1.165) is 16.8 Å². The van der Waals surface area contributed by atoms with Crippen molar-refractivity contribution in [2.75, 3.05) is 5.32 Å². The van der Waals surface area contributed by atoms with Gasteiger partial charge in [0.2, 0.25) is 5.95 Å². The summed E-state index contributed by atoms with van der Waals surface area (Å²) < 4.78 is 5.39. The molecule has 0 aliphatic rings. The molecular weight excluding hydrogens is 338 g/mol. The normalized spacial score (nSPS) is 11.2. The number of hydrogen-bond acceptors (Lipinski definition) is 6. The van der Waals surface area contributed by atoms with Gasteiger partial charge in [-0.3, -0.25) is 0 Å². The van der Waals surface area contributed by atoms with Gasteiger partial charge >= 0.3 is 0 Å². The van der Waals surface area contributed by atoms with Crippen molar-refractivity contribution in [1.29, 1.82) is 0 Å². The minimum atomic E-state index is 0.414. The molecule has 3 rings (SSSR count). The van der Waals surface area contributed by atoms with Gasteiger partial charge in [-0.2, -0.15) is 0 Å². The van der Waals surface area contributed by atoms with Gasteiger partial charge in [0.1, 0.15) is 0 Å². The van der Waals surface area contributed by atoms with E-state index < -0.39 is 0 Å². The highest BCUT2D eigenvalue weighted by Gasteiger charge is 2.11. The molecule has 0 radical (unpaired) electrons. The Hall–Kier alpha value is -3.67. The van der Waals surface area contributed by atoms with E-state index in [1.807, 2.05) is 6.07 Å². The summed E-state index contributed by atoms with van der Waals surface area (Å²) in [5, 5.41) is 7.30. The van der Waals surface area contributed by atoms with Gasteiger partial charge in [0.25, 0.3) is 0 Å². The summed E-state index contributed by atoms with van der Waals surface area (Å²) in [6.07, 6.45) is 7.48. The van der Waals surface area contributed by atoms with Gasteiger partial charge in [0.05, 0.1) is 5.69 Å². The minimum absolute atomic E-state index is 0.414. The van der Waals surface area contributed by atoms with Crippen LogP contribution in [0.15, 0.2) is 84.3 Å². The predicted octanol–water partition coefficient (Wildman–Crippen LogP) is 3.71. The fraction of sp³-hybridized carbons (Fsp3) is 0.0952. The molecule has 2 heterocycles. The number of nitrogens with two attached hydrogens (primary N) is 1. The fourth-order valence-corrected chi connectivity index (χ4v) is 2.54. The maximum Gasteiger partial charge on any atom is 0.222 e. The first kappa shape index (κ1) is 18.1. The van der Waals surface area contributed by atoms with Crippen molar-refractivity contribution in [3.8, 4) is 0 Å². The third-order valence-electron chi connectivity index (χ3n) is 3.88. The van der Waals surface area contributed by atoms with E-state index in [0.29, 0.717) is 35.9 Å². The van der Waals surface area contributed by atoms with Crippen LogP contribution in [-0.2, 0) is 13.0 Å². The van der Waals surface area contributed by atoms with Crippen LogP contribution in [0, 0.1) is 0 Å². The molecule has 6 nitrogen and oxygen atoms in total. The number of allylic oxidation sites excluding steroid dienone is 3. The first-order valence-corrected chi connectivity index (χ1v) is 8.48. The zero-order valence-corrected chi connectivity index (χ0v) is 14.9. The van der Waals surface area contributed by atoms with Gasteiger partial charge in [0.15, 0.2) is 5.76 Å². The number of aromatic nitrogens is 3. The first-order valence-electron chi connectivity index (χ1n) is 8.48. The zero-order valence-electron chi connectivity index (χ0n) is 14.9. The third kappa shape index (κ3) is 4.92. The lowest BCUT2D eigenvalue weighted by Crippen LogP contribution is -2.02. The van der Waals surface area contributed by atoms with Crippen LogP contribution in [0.4, 0.5) is 5.95 Å². The number of anilines is 1. The summed E-state index contributed by atoms with van der Waals surface area (Å²) in [6, 6.07) is 11.9. The molecule has 3 aromatic rings. The Morgan fingerprint density at radius 3 is 2.52 bits per heavy atom. The van der Waals surface area contributed by atoms with Crippen molar-refractivity contribution < 1.29 is 4.52 Å². The third-order valence-corrected chi connectivity index (χ3v) is 3.88. The molecule has 0 saturated carbocycles. The van der Waals surface area contributed by atoms with E-state index in [-0.39, 0.29) is 0 Å². The Morgan fingerprint density at radius 2 is 1.85 bits per heavy atom. The Kier molecular flexibility index (Phi) is 5.79. The molecule has 3 N–H and O–H groups in total. The molecule has 0 fully saturated rings. The van der Waals surface area contributed by atoms with Crippen molar-refractivity contribution in [3.63, 3.8) is 0 Å². The van der Waals surface area contributed by atoms with Gasteiger partial charge in [-0.15, -0.1) is 0 Å². The highest BCUT2D eigenvalue weighted by molar-refractivity contribution is 5.75. The Morgan fingerprint density at radius 1 is 1.15 bits per heavy atom. The van der Waals surface area contributed by atoms with Crippen LogP contribution < -0.4 is 11.1 Å². The van der Waals surface area contributed by atoms with Gasteiger partial charge in [-0.25, -0.2) is 9.97 Å². The van der Waals surface area contributed by atoms with Crippen molar-refractivity contribution in [2.24, 2.45) is 5.73 Å². The smallest absolute Gasteiger partial charge is 0.222 e. The molecule has 136 valence electrons. The molecule has 0 aliphatic heterocycles. The van der Waals surface area contributed by atoms with Gasteiger partial charge in [-0.1, -0.05) is 48.7 Å². The number of rotatable bonds is 8. The quantitative estimate of drug-likeness (QED) is 0.596. The second-order valence-corrected chi connectivity index (χ2v) is 5.94. The van der Waals surface area contributed by atoms with E-state index in [1.54, 1.807) is 30.6 Å². The molecule has 6 heteroatoms. The van der Waals surface area contributed by atoms with Crippen LogP contribution in [0.2, 0.25) is 0 Å². The lowest BCUT2D eigenvalue weighted by Gasteiger charge is -2.05. The van der Waals surface area contributed by atoms with E-state index in [2.05, 4.69) is 57.9 Å². The molecule has 0 spiro atoms. The van der Waals surface area contributed by atoms with E-state index in [9.17, 15) is 0 Å². The van der Waals surface area contributed by atoms with Gasteiger partial charge in [0, 0.05) is 42.7 Å². The number of benzene rings is 1. The number of nitrogens with one attached hydrogen (secondary N) is 1. The van der Waals surface area contributed by atoms with Crippen LogP contribution in [0.25, 0.3) is 5.57 Å². The number of hydrogen-bond donors (Lipinski definition) is 2. The molecule has 0 bridgehead atoms. The summed E-state index contributed by atoms with van der Waals surface area (Å²) in [5.41, 5.74) is 9.99.